The lowest BCUT2D eigenvalue weighted by Crippen LogP contribution is -2.06. The Kier molecular flexibility index (Phi) is 6.25. The number of benzene rings is 1. The van der Waals surface area contributed by atoms with Crippen LogP contribution in [0.4, 0.5) is 0 Å². The summed E-state index contributed by atoms with van der Waals surface area (Å²) in [6, 6.07) is 9.70. The molecule has 2 aromatic rings. The predicted octanol–water partition coefficient (Wildman–Crippen LogP) is 3.64. The van der Waals surface area contributed by atoms with Gasteiger partial charge in [-0.25, -0.2) is 0 Å². The highest BCUT2D eigenvalue weighted by atomic mass is 35.5. The first-order valence-corrected chi connectivity index (χ1v) is 8.16. The van der Waals surface area contributed by atoms with Crippen LogP contribution in [0.3, 0.4) is 0 Å². The van der Waals surface area contributed by atoms with E-state index >= 15 is 0 Å². The normalized spacial score (nSPS) is 12.1. The van der Waals surface area contributed by atoms with Crippen molar-refractivity contribution >= 4 is 23.4 Å². The second-order valence-electron chi connectivity index (χ2n) is 4.70. The largest absolute Gasteiger partial charge is 0.385 e. The zero-order valence-electron chi connectivity index (χ0n) is 12.5. The number of hydrogen-bond acceptors (Lipinski definition) is 5. The van der Waals surface area contributed by atoms with Gasteiger partial charge in [0.1, 0.15) is 0 Å². The van der Waals surface area contributed by atoms with E-state index < -0.39 is 0 Å². The summed E-state index contributed by atoms with van der Waals surface area (Å²) in [7, 11) is 1.68. The lowest BCUT2D eigenvalue weighted by atomic mass is 10.2. The van der Waals surface area contributed by atoms with Crippen molar-refractivity contribution in [2.24, 2.45) is 0 Å². The summed E-state index contributed by atoms with van der Waals surface area (Å²) in [4.78, 5) is 0. The van der Waals surface area contributed by atoms with Gasteiger partial charge >= 0.3 is 0 Å². The maximum atomic E-state index is 8.99. The van der Waals surface area contributed by atoms with E-state index in [2.05, 4.69) is 16.3 Å². The molecule has 0 radical (unpaired) electrons. The highest BCUT2D eigenvalue weighted by molar-refractivity contribution is 8.00. The van der Waals surface area contributed by atoms with Crippen LogP contribution in [-0.4, -0.2) is 33.7 Å². The minimum atomic E-state index is -0.177. The van der Waals surface area contributed by atoms with Crippen LogP contribution in [0.15, 0.2) is 29.4 Å². The molecule has 22 heavy (non-hydrogen) atoms. The molecule has 0 saturated heterocycles. The first-order valence-electron chi connectivity index (χ1n) is 6.90. The summed E-state index contributed by atoms with van der Waals surface area (Å²) < 4.78 is 7.14. The van der Waals surface area contributed by atoms with Gasteiger partial charge < -0.3 is 9.30 Å². The third-order valence-corrected chi connectivity index (χ3v) is 4.24. The van der Waals surface area contributed by atoms with Gasteiger partial charge in [-0.3, -0.25) is 0 Å². The molecule has 0 amide bonds. The van der Waals surface area contributed by atoms with Crippen molar-refractivity contribution in [2.45, 2.75) is 30.3 Å². The van der Waals surface area contributed by atoms with E-state index in [-0.39, 0.29) is 5.25 Å². The maximum Gasteiger partial charge on any atom is 0.192 e. The molecule has 2 rings (SSSR count). The molecular formula is C15H17ClN4OS. The molecule has 1 unspecified atom stereocenters. The lowest BCUT2D eigenvalue weighted by Gasteiger charge is -2.10. The van der Waals surface area contributed by atoms with Crippen molar-refractivity contribution in [3.8, 4) is 17.5 Å². The molecular weight excluding hydrogens is 320 g/mol. The van der Waals surface area contributed by atoms with Gasteiger partial charge in [0.15, 0.2) is 11.0 Å². The number of nitrogens with zero attached hydrogens (tertiary/aromatic N) is 4. The van der Waals surface area contributed by atoms with Crippen LogP contribution in [0.5, 0.6) is 0 Å². The van der Waals surface area contributed by atoms with Gasteiger partial charge in [0.2, 0.25) is 0 Å². The van der Waals surface area contributed by atoms with Crippen LogP contribution in [0.25, 0.3) is 11.4 Å². The molecule has 0 fully saturated rings. The molecule has 0 aliphatic carbocycles. The lowest BCUT2D eigenvalue weighted by molar-refractivity contribution is 0.189. The monoisotopic (exact) mass is 336 g/mol. The zero-order chi connectivity index (χ0) is 15.9. The van der Waals surface area contributed by atoms with Crippen molar-refractivity contribution in [1.29, 1.82) is 5.26 Å². The molecule has 0 saturated carbocycles. The van der Waals surface area contributed by atoms with Gasteiger partial charge in [-0.15, -0.1) is 10.2 Å². The fourth-order valence-corrected chi connectivity index (χ4v) is 2.83. The first kappa shape index (κ1) is 16.8. The number of methoxy groups -OCH3 is 1. The summed E-state index contributed by atoms with van der Waals surface area (Å²) >= 11 is 7.34. The first-order chi connectivity index (χ1) is 10.7. The molecule has 0 aliphatic rings. The molecule has 1 aromatic carbocycles. The van der Waals surface area contributed by atoms with E-state index in [9.17, 15) is 0 Å². The number of nitriles is 1. The zero-order valence-corrected chi connectivity index (χ0v) is 14.1. The van der Waals surface area contributed by atoms with Gasteiger partial charge in [0.05, 0.1) is 11.3 Å². The summed E-state index contributed by atoms with van der Waals surface area (Å²) in [6.07, 6.45) is 0.851. The summed E-state index contributed by atoms with van der Waals surface area (Å²) in [6.45, 7) is 3.25. The average Bonchev–Trinajstić information content (AvgIpc) is 2.91. The standard InChI is InChI=1S/C15H17ClN4OS/c1-11(10-17)22-15-19-18-14(20(15)8-3-9-21-2)12-4-6-13(16)7-5-12/h4-7,11H,3,8-9H2,1-2H3. The molecule has 0 spiro atoms. The summed E-state index contributed by atoms with van der Waals surface area (Å²) in [5.74, 6) is 0.778. The SMILES string of the molecule is COCCCn1c(SC(C)C#N)nnc1-c1ccc(Cl)cc1. The molecule has 1 atom stereocenters. The highest BCUT2D eigenvalue weighted by Crippen LogP contribution is 2.27. The van der Waals surface area contributed by atoms with E-state index in [0.717, 1.165) is 29.5 Å². The van der Waals surface area contributed by atoms with Gasteiger partial charge in [-0.2, -0.15) is 5.26 Å². The Hall–Kier alpha value is -1.55. The highest BCUT2D eigenvalue weighted by Gasteiger charge is 2.16. The molecule has 1 heterocycles. The fraction of sp³-hybridized carbons (Fsp3) is 0.400. The van der Waals surface area contributed by atoms with Crippen LogP contribution in [0.1, 0.15) is 13.3 Å². The van der Waals surface area contributed by atoms with E-state index in [1.165, 1.54) is 11.8 Å². The summed E-state index contributed by atoms with van der Waals surface area (Å²) in [5, 5.41) is 18.8. The second-order valence-corrected chi connectivity index (χ2v) is 6.44. The van der Waals surface area contributed by atoms with Crippen molar-refractivity contribution in [3.63, 3.8) is 0 Å². The quantitative estimate of drug-likeness (QED) is 0.570. The minimum absolute atomic E-state index is 0.177. The fourth-order valence-electron chi connectivity index (χ4n) is 1.94. The number of halogens is 1. The molecule has 5 nitrogen and oxygen atoms in total. The van der Waals surface area contributed by atoms with E-state index in [4.69, 9.17) is 21.6 Å². The second kappa shape index (κ2) is 8.18. The van der Waals surface area contributed by atoms with Crippen molar-refractivity contribution in [1.82, 2.24) is 14.8 Å². The molecule has 0 N–H and O–H groups in total. The number of rotatable bonds is 7. The topological polar surface area (TPSA) is 63.7 Å². The van der Waals surface area contributed by atoms with Crippen molar-refractivity contribution in [3.05, 3.63) is 29.3 Å². The van der Waals surface area contributed by atoms with Crippen LogP contribution >= 0.6 is 23.4 Å². The molecule has 7 heteroatoms. The van der Waals surface area contributed by atoms with E-state index in [1.54, 1.807) is 7.11 Å². The van der Waals surface area contributed by atoms with Gasteiger partial charge in [0.25, 0.3) is 0 Å². The Bertz CT molecular complexity index is 651. The smallest absolute Gasteiger partial charge is 0.192 e. The predicted molar refractivity (Wildman–Crippen MR) is 87.9 cm³/mol. The molecule has 0 bridgehead atoms. The number of aromatic nitrogens is 3. The van der Waals surface area contributed by atoms with Crippen molar-refractivity contribution < 1.29 is 4.74 Å². The molecule has 0 aliphatic heterocycles. The van der Waals surface area contributed by atoms with Crippen LogP contribution < -0.4 is 0 Å². The number of ether oxygens (including phenoxy) is 1. The Morgan fingerprint density at radius 1 is 1.36 bits per heavy atom. The van der Waals surface area contributed by atoms with Crippen LogP contribution in [0.2, 0.25) is 5.02 Å². The molecule has 116 valence electrons. The Labute approximate surface area is 139 Å². The number of thioether (sulfide) groups is 1. The molecule has 1 aromatic heterocycles. The third kappa shape index (κ3) is 4.23. The van der Waals surface area contributed by atoms with Gasteiger partial charge in [-0.05, 0) is 37.6 Å². The van der Waals surface area contributed by atoms with Crippen LogP contribution in [0, 0.1) is 11.3 Å². The van der Waals surface area contributed by atoms with E-state index in [0.29, 0.717) is 11.6 Å². The van der Waals surface area contributed by atoms with Gasteiger partial charge in [0, 0.05) is 30.8 Å². The maximum absolute atomic E-state index is 8.99. The van der Waals surface area contributed by atoms with Crippen LogP contribution in [-0.2, 0) is 11.3 Å². The number of hydrogen-bond donors (Lipinski definition) is 0. The summed E-state index contributed by atoms with van der Waals surface area (Å²) in [5.41, 5.74) is 0.950. The van der Waals surface area contributed by atoms with Crippen molar-refractivity contribution in [2.75, 3.05) is 13.7 Å². The van der Waals surface area contributed by atoms with Gasteiger partial charge in [-0.1, -0.05) is 23.4 Å². The minimum Gasteiger partial charge on any atom is -0.385 e. The Morgan fingerprint density at radius 2 is 2.09 bits per heavy atom. The Morgan fingerprint density at radius 3 is 2.73 bits per heavy atom. The van der Waals surface area contributed by atoms with E-state index in [1.807, 2.05) is 35.8 Å². The third-order valence-electron chi connectivity index (χ3n) is 3.01. The average molecular weight is 337 g/mol. The Balaban J connectivity index is 2.31.